The second-order valence-corrected chi connectivity index (χ2v) is 7.96. The molecule has 1 heterocycles. The first-order valence-electron chi connectivity index (χ1n) is 9.65. The van der Waals surface area contributed by atoms with Gasteiger partial charge in [-0.1, -0.05) is 78.3 Å². The molecule has 0 aromatic heterocycles. The van der Waals surface area contributed by atoms with E-state index in [0.29, 0.717) is 5.02 Å². The van der Waals surface area contributed by atoms with Crippen LogP contribution in [0.3, 0.4) is 0 Å². The number of ketones is 1. The van der Waals surface area contributed by atoms with Crippen molar-refractivity contribution < 1.29 is 4.79 Å². The third-order valence-corrected chi connectivity index (χ3v) is 6.18. The summed E-state index contributed by atoms with van der Waals surface area (Å²) in [6, 6.07) is 28.3. The summed E-state index contributed by atoms with van der Waals surface area (Å²) in [6.45, 7) is 0. The van der Waals surface area contributed by atoms with Crippen LogP contribution in [0.25, 0.3) is 16.5 Å². The molecule has 0 saturated carbocycles. The van der Waals surface area contributed by atoms with E-state index in [0.717, 1.165) is 50.0 Å². The minimum absolute atomic E-state index is 0.0895. The molecule has 4 aromatic rings. The first kappa shape index (κ1) is 16.6. The fraction of sp³-hybridized carbons (Fsp3) is 0.0385. The van der Waals surface area contributed by atoms with E-state index in [1.165, 1.54) is 0 Å². The van der Waals surface area contributed by atoms with Gasteiger partial charge in [0.2, 0.25) is 0 Å². The lowest BCUT2D eigenvalue weighted by Gasteiger charge is -2.30. The van der Waals surface area contributed by atoms with E-state index in [-0.39, 0.29) is 11.7 Å². The Hall–Kier alpha value is -3.36. The minimum atomic E-state index is -0.175. The topological polar surface area (TPSA) is 29.1 Å². The van der Waals surface area contributed by atoms with Crippen LogP contribution in [0.1, 0.15) is 33.0 Å². The van der Waals surface area contributed by atoms with Gasteiger partial charge in [0.05, 0.1) is 5.70 Å². The average molecular weight is 394 g/mol. The lowest BCUT2D eigenvalue weighted by molar-refractivity contribution is 0.103. The number of halogens is 1. The molecule has 1 aliphatic heterocycles. The molecule has 0 spiro atoms. The minimum Gasteiger partial charge on any atom is -0.354 e. The molecule has 1 N–H and O–H groups in total. The Morgan fingerprint density at radius 1 is 0.793 bits per heavy atom. The van der Waals surface area contributed by atoms with Crippen LogP contribution in [-0.4, -0.2) is 5.78 Å². The van der Waals surface area contributed by atoms with Crippen LogP contribution >= 0.6 is 11.6 Å². The Morgan fingerprint density at radius 2 is 1.59 bits per heavy atom. The van der Waals surface area contributed by atoms with E-state index in [2.05, 4.69) is 35.6 Å². The summed E-state index contributed by atoms with van der Waals surface area (Å²) < 4.78 is 0. The fourth-order valence-electron chi connectivity index (χ4n) is 4.73. The van der Waals surface area contributed by atoms with Gasteiger partial charge in [0.1, 0.15) is 0 Å². The van der Waals surface area contributed by atoms with Gasteiger partial charge in [0.15, 0.2) is 5.78 Å². The highest BCUT2D eigenvalue weighted by molar-refractivity contribution is 6.30. The van der Waals surface area contributed by atoms with Crippen molar-refractivity contribution in [3.8, 4) is 0 Å². The molecule has 0 saturated heterocycles. The number of benzene rings is 4. The molecule has 1 unspecified atom stereocenters. The van der Waals surface area contributed by atoms with Crippen molar-refractivity contribution in [1.82, 2.24) is 0 Å². The Kier molecular flexibility index (Phi) is 3.47. The molecule has 2 nitrogen and oxygen atoms in total. The summed E-state index contributed by atoms with van der Waals surface area (Å²) in [5.74, 6) is -0.0855. The second-order valence-electron chi connectivity index (χ2n) is 7.52. The highest BCUT2D eigenvalue weighted by atomic mass is 35.5. The summed E-state index contributed by atoms with van der Waals surface area (Å²) >= 11 is 6.36. The summed E-state index contributed by atoms with van der Waals surface area (Å²) in [6.07, 6.45) is 0. The van der Waals surface area contributed by atoms with Crippen molar-refractivity contribution >= 4 is 39.5 Å². The number of Topliss-reactive ketones (excluding diaryl/α,β-unsaturated/α-hetero) is 1. The molecule has 138 valence electrons. The number of carbonyl (C=O) groups is 1. The van der Waals surface area contributed by atoms with E-state index in [4.69, 9.17) is 11.6 Å². The Morgan fingerprint density at radius 3 is 2.45 bits per heavy atom. The summed E-state index contributed by atoms with van der Waals surface area (Å²) in [7, 11) is 0. The van der Waals surface area contributed by atoms with Crippen LogP contribution in [0.5, 0.6) is 0 Å². The van der Waals surface area contributed by atoms with Gasteiger partial charge in [0, 0.05) is 33.3 Å². The van der Waals surface area contributed by atoms with E-state index in [9.17, 15) is 4.79 Å². The number of fused-ring (bicyclic) bond motifs is 5. The van der Waals surface area contributed by atoms with E-state index in [1.807, 2.05) is 54.6 Å². The number of hydrogen-bond donors (Lipinski definition) is 1. The van der Waals surface area contributed by atoms with Crippen molar-refractivity contribution in [3.05, 3.63) is 118 Å². The van der Waals surface area contributed by atoms with Gasteiger partial charge in [-0.15, -0.1) is 0 Å². The maximum Gasteiger partial charge on any atom is 0.192 e. The predicted molar refractivity (Wildman–Crippen MR) is 119 cm³/mol. The largest absolute Gasteiger partial charge is 0.354 e. The monoisotopic (exact) mass is 393 g/mol. The zero-order valence-electron chi connectivity index (χ0n) is 15.4. The number of nitrogens with one attached hydrogen (secondary N) is 1. The van der Waals surface area contributed by atoms with Gasteiger partial charge < -0.3 is 5.32 Å². The smallest absolute Gasteiger partial charge is 0.192 e. The Bertz CT molecular complexity index is 1370. The van der Waals surface area contributed by atoms with Crippen LogP contribution in [0.4, 0.5) is 5.69 Å². The molecule has 4 aromatic carbocycles. The summed E-state index contributed by atoms with van der Waals surface area (Å²) in [5.41, 5.74) is 6.65. The molecule has 3 heteroatoms. The van der Waals surface area contributed by atoms with E-state index < -0.39 is 0 Å². The van der Waals surface area contributed by atoms with Crippen LogP contribution in [0, 0.1) is 0 Å². The van der Waals surface area contributed by atoms with E-state index in [1.54, 1.807) is 0 Å². The molecule has 1 aliphatic carbocycles. The maximum atomic E-state index is 13.5. The average Bonchev–Trinajstić information content (AvgIpc) is 3.04. The highest BCUT2D eigenvalue weighted by Crippen LogP contribution is 2.51. The molecule has 2 aliphatic rings. The zero-order valence-corrected chi connectivity index (χ0v) is 16.2. The van der Waals surface area contributed by atoms with E-state index >= 15 is 0 Å². The van der Waals surface area contributed by atoms with Gasteiger partial charge in [-0.3, -0.25) is 4.79 Å². The second kappa shape index (κ2) is 6.07. The van der Waals surface area contributed by atoms with Gasteiger partial charge >= 0.3 is 0 Å². The van der Waals surface area contributed by atoms with Crippen LogP contribution < -0.4 is 5.32 Å². The third-order valence-electron chi connectivity index (χ3n) is 5.94. The van der Waals surface area contributed by atoms with Crippen LogP contribution in [-0.2, 0) is 0 Å². The highest BCUT2D eigenvalue weighted by Gasteiger charge is 2.40. The predicted octanol–water partition coefficient (Wildman–Crippen LogP) is 6.66. The lowest BCUT2D eigenvalue weighted by atomic mass is 9.78. The number of carbonyl (C=O) groups excluding carboxylic acids is 1. The molecule has 0 radical (unpaired) electrons. The molecule has 1 atom stereocenters. The quantitative estimate of drug-likeness (QED) is 0.392. The molecule has 29 heavy (non-hydrogen) atoms. The van der Waals surface area contributed by atoms with Crippen molar-refractivity contribution in [2.45, 2.75) is 5.92 Å². The van der Waals surface area contributed by atoms with Gasteiger partial charge in [-0.05, 0) is 40.1 Å². The van der Waals surface area contributed by atoms with Gasteiger partial charge in [-0.25, -0.2) is 0 Å². The molecular weight excluding hydrogens is 378 g/mol. The SMILES string of the molecule is O=C1C2=C(Nc3ccc4ccccc4c3C2c2cccc(Cl)c2)c2ccccc21. The standard InChI is InChI=1S/C26H16ClNO/c27-17-8-5-7-16(14-17)22-23-18-9-2-1-6-15(18)12-13-21(23)28-25-19-10-3-4-11-20(19)26(29)24(22)25/h1-14,22,28H. The number of rotatable bonds is 1. The van der Waals surface area contributed by atoms with Crippen molar-refractivity contribution in [1.29, 1.82) is 0 Å². The first-order valence-corrected chi connectivity index (χ1v) is 10.0. The van der Waals surface area contributed by atoms with Crippen LogP contribution in [0.2, 0.25) is 5.02 Å². The summed E-state index contributed by atoms with van der Waals surface area (Å²) in [4.78, 5) is 13.5. The molecule has 0 fully saturated rings. The number of hydrogen-bond acceptors (Lipinski definition) is 2. The van der Waals surface area contributed by atoms with Crippen molar-refractivity contribution in [3.63, 3.8) is 0 Å². The van der Waals surface area contributed by atoms with Gasteiger partial charge in [-0.2, -0.15) is 0 Å². The Labute approximate surface area is 173 Å². The number of allylic oxidation sites excluding steroid dienone is 1. The lowest BCUT2D eigenvalue weighted by Crippen LogP contribution is -2.19. The van der Waals surface area contributed by atoms with Crippen LogP contribution in [0.15, 0.2) is 90.5 Å². The molecular formula is C26H16ClNO. The Balaban J connectivity index is 1.71. The molecule has 0 amide bonds. The zero-order chi connectivity index (χ0) is 19.5. The molecule has 0 bridgehead atoms. The summed E-state index contributed by atoms with van der Waals surface area (Å²) in [5, 5.41) is 6.56. The molecule has 6 rings (SSSR count). The van der Waals surface area contributed by atoms with Crippen molar-refractivity contribution in [2.75, 3.05) is 5.32 Å². The van der Waals surface area contributed by atoms with Crippen molar-refractivity contribution in [2.24, 2.45) is 0 Å². The third kappa shape index (κ3) is 2.33. The van der Waals surface area contributed by atoms with Gasteiger partial charge in [0.25, 0.3) is 0 Å². The maximum absolute atomic E-state index is 13.5. The first-order chi connectivity index (χ1) is 14.2. The normalized spacial score (nSPS) is 17.0. The fourth-order valence-corrected chi connectivity index (χ4v) is 4.93. The number of anilines is 1.